The van der Waals surface area contributed by atoms with Gasteiger partial charge in [-0.25, -0.2) is 0 Å². The molecule has 0 radical (unpaired) electrons. The summed E-state index contributed by atoms with van der Waals surface area (Å²) >= 11 is 3.53. The Balaban J connectivity index is 1.84. The van der Waals surface area contributed by atoms with Crippen LogP contribution in [-0.2, 0) is 16.1 Å². The molecule has 3 rings (SSSR count). The van der Waals surface area contributed by atoms with Crippen molar-refractivity contribution in [1.82, 2.24) is 10.3 Å². The van der Waals surface area contributed by atoms with Gasteiger partial charge in [-0.3, -0.25) is 9.78 Å². The molecule has 2 N–H and O–H groups in total. The topological polar surface area (TPSA) is 71.5 Å². The Morgan fingerprint density at radius 2 is 2.17 bits per heavy atom. The number of carboxylic acids is 1. The summed E-state index contributed by atoms with van der Waals surface area (Å²) in [6.07, 6.45) is 3.30. The van der Waals surface area contributed by atoms with Gasteiger partial charge in [0.15, 0.2) is 0 Å². The van der Waals surface area contributed by atoms with Gasteiger partial charge in [-0.15, -0.1) is 0 Å². The number of nitrogens with one attached hydrogen (secondary N) is 1. The lowest BCUT2D eigenvalue weighted by Crippen LogP contribution is -2.50. The Kier molecular flexibility index (Phi) is 4.94. The third-order valence-corrected chi connectivity index (χ3v) is 4.80. The fourth-order valence-corrected chi connectivity index (χ4v) is 3.64. The highest BCUT2D eigenvalue weighted by Crippen LogP contribution is 2.27. The van der Waals surface area contributed by atoms with Crippen LogP contribution in [0.1, 0.15) is 24.8 Å². The van der Waals surface area contributed by atoms with E-state index in [1.807, 2.05) is 24.3 Å². The van der Waals surface area contributed by atoms with E-state index in [2.05, 4.69) is 26.2 Å². The molecule has 1 aromatic heterocycles. The lowest BCUT2D eigenvalue weighted by molar-refractivity contribution is -0.139. The van der Waals surface area contributed by atoms with Crippen molar-refractivity contribution in [3.8, 4) is 0 Å². The Bertz CT molecular complexity index is 714. The maximum atomic E-state index is 11.2. The summed E-state index contributed by atoms with van der Waals surface area (Å²) < 4.78 is 6.39. The number of aromatic nitrogens is 1. The lowest BCUT2D eigenvalue weighted by atomic mass is 9.86. The van der Waals surface area contributed by atoms with Gasteiger partial charge in [0.25, 0.3) is 0 Å². The zero-order valence-corrected chi connectivity index (χ0v) is 14.3. The zero-order chi connectivity index (χ0) is 16.3. The molecule has 0 unspecified atom stereocenters. The molecular weight excluding hydrogens is 360 g/mol. The van der Waals surface area contributed by atoms with Crippen LogP contribution in [0.4, 0.5) is 0 Å². The summed E-state index contributed by atoms with van der Waals surface area (Å²) in [5.74, 6) is -0.781. The van der Waals surface area contributed by atoms with Gasteiger partial charge in [-0.1, -0.05) is 22.0 Å². The van der Waals surface area contributed by atoms with E-state index in [1.165, 1.54) is 0 Å². The van der Waals surface area contributed by atoms with E-state index < -0.39 is 11.5 Å². The van der Waals surface area contributed by atoms with Gasteiger partial charge in [-0.05, 0) is 36.6 Å². The molecule has 5 nitrogen and oxygen atoms in total. The van der Waals surface area contributed by atoms with E-state index in [-0.39, 0.29) is 6.42 Å². The fourth-order valence-electron chi connectivity index (χ4n) is 3.11. The molecule has 0 aliphatic carbocycles. The smallest absolute Gasteiger partial charge is 0.305 e. The van der Waals surface area contributed by atoms with Gasteiger partial charge in [0.05, 0.1) is 11.9 Å². The van der Waals surface area contributed by atoms with Crippen molar-refractivity contribution in [1.29, 1.82) is 0 Å². The van der Waals surface area contributed by atoms with Crippen molar-refractivity contribution in [3.05, 3.63) is 40.5 Å². The van der Waals surface area contributed by atoms with E-state index in [9.17, 15) is 9.90 Å². The number of carboxylic acid groups (broad SMARTS) is 1. The van der Waals surface area contributed by atoms with Gasteiger partial charge < -0.3 is 15.2 Å². The average Bonchev–Trinajstić information content (AvgIpc) is 2.53. The van der Waals surface area contributed by atoms with Gasteiger partial charge in [0, 0.05) is 41.4 Å². The van der Waals surface area contributed by atoms with Crippen LogP contribution in [0.3, 0.4) is 0 Å². The highest BCUT2D eigenvalue weighted by Gasteiger charge is 2.34. The first-order chi connectivity index (χ1) is 11.1. The summed E-state index contributed by atoms with van der Waals surface area (Å²) in [5, 5.41) is 13.8. The molecule has 1 aliphatic heterocycles. The first kappa shape index (κ1) is 16.4. The maximum absolute atomic E-state index is 11.2. The summed E-state index contributed by atoms with van der Waals surface area (Å²) in [5.41, 5.74) is 1.60. The molecule has 0 bridgehead atoms. The normalized spacial score (nSPS) is 17.3. The molecule has 2 heterocycles. The second-order valence-corrected chi connectivity index (χ2v) is 6.87. The van der Waals surface area contributed by atoms with Crippen LogP contribution in [0.5, 0.6) is 0 Å². The largest absolute Gasteiger partial charge is 0.481 e. The van der Waals surface area contributed by atoms with Crippen LogP contribution in [0, 0.1) is 0 Å². The summed E-state index contributed by atoms with van der Waals surface area (Å²) in [6, 6.07) is 8.01. The van der Waals surface area contributed by atoms with Crippen molar-refractivity contribution in [2.45, 2.75) is 31.3 Å². The maximum Gasteiger partial charge on any atom is 0.305 e. The number of fused-ring (bicyclic) bond motifs is 1. The van der Waals surface area contributed by atoms with Gasteiger partial charge >= 0.3 is 5.97 Å². The molecule has 2 aromatic rings. The number of rotatable bonds is 5. The highest BCUT2D eigenvalue weighted by atomic mass is 79.9. The third kappa shape index (κ3) is 3.88. The van der Waals surface area contributed by atoms with Crippen LogP contribution in [0.25, 0.3) is 10.9 Å². The lowest BCUT2D eigenvalue weighted by Gasteiger charge is -2.37. The number of pyridine rings is 1. The van der Waals surface area contributed by atoms with E-state index >= 15 is 0 Å². The summed E-state index contributed by atoms with van der Waals surface area (Å²) in [4.78, 5) is 15.7. The van der Waals surface area contributed by atoms with Crippen molar-refractivity contribution in [2.75, 3.05) is 13.2 Å². The van der Waals surface area contributed by atoms with Crippen molar-refractivity contribution < 1.29 is 14.6 Å². The molecule has 1 fully saturated rings. The van der Waals surface area contributed by atoms with Crippen molar-refractivity contribution in [3.63, 3.8) is 0 Å². The molecular formula is C17H19BrN2O3. The minimum Gasteiger partial charge on any atom is -0.481 e. The first-order valence-corrected chi connectivity index (χ1v) is 8.45. The Morgan fingerprint density at radius 1 is 1.39 bits per heavy atom. The molecule has 0 spiro atoms. The molecule has 0 atom stereocenters. The number of hydrogen-bond acceptors (Lipinski definition) is 4. The second-order valence-electron chi connectivity index (χ2n) is 5.96. The second kappa shape index (κ2) is 6.95. The van der Waals surface area contributed by atoms with E-state index in [4.69, 9.17) is 4.74 Å². The van der Waals surface area contributed by atoms with Gasteiger partial charge in [0.2, 0.25) is 0 Å². The predicted octanol–water partition coefficient (Wildman–Crippen LogP) is 3.11. The summed E-state index contributed by atoms with van der Waals surface area (Å²) in [6.45, 7) is 1.77. The number of aliphatic carboxylic acids is 1. The zero-order valence-electron chi connectivity index (χ0n) is 12.7. The fraction of sp³-hybridized carbons (Fsp3) is 0.412. The number of hydrogen-bond donors (Lipinski definition) is 2. The molecule has 0 amide bonds. The van der Waals surface area contributed by atoms with Crippen LogP contribution >= 0.6 is 15.9 Å². The predicted molar refractivity (Wildman–Crippen MR) is 91.3 cm³/mol. The van der Waals surface area contributed by atoms with Gasteiger partial charge in [0.1, 0.15) is 0 Å². The minimum absolute atomic E-state index is 0.107. The molecule has 1 aromatic carbocycles. The van der Waals surface area contributed by atoms with Crippen LogP contribution in [0.2, 0.25) is 0 Å². The van der Waals surface area contributed by atoms with E-state index in [0.717, 1.165) is 20.9 Å². The van der Waals surface area contributed by atoms with Crippen molar-refractivity contribution in [2.24, 2.45) is 0 Å². The number of nitrogens with zero attached hydrogens (tertiary/aromatic N) is 1. The molecule has 1 aliphatic rings. The molecule has 23 heavy (non-hydrogen) atoms. The number of halogens is 1. The quantitative estimate of drug-likeness (QED) is 0.836. The third-order valence-electron chi connectivity index (χ3n) is 4.34. The Hall–Kier alpha value is -1.50. The van der Waals surface area contributed by atoms with Crippen molar-refractivity contribution >= 4 is 32.8 Å². The summed E-state index contributed by atoms with van der Waals surface area (Å²) in [7, 11) is 0. The molecule has 1 saturated heterocycles. The minimum atomic E-state index is -0.781. The first-order valence-electron chi connectivity index (χ1n) is 7.66. The standard InChI is InChI=1S/C17H19BrN2O3/c18-14-8-12-2-1-5-19-16(12)13(9-14)11-20-17(10-15(21)22)3-6-23-7-4-17/h1-2,5,8-9,20H,3-4,6-7,10-11H2,(H,21,22). The Morgan fingerprint density at radius 3 is 2.91 bits per heavy atom. The van der Waals surface area contributed by atoms with E-state index in [1.54, 1.807) is 6.20 Å². The number of ether oxygens (including phenoxy) is 1. The molecule has 122 valence electrons. The number of benzene rings is 1. The SMILES string of the molecule is O=C(O)CC1(NCc2cc(Br)cc3cccnc23)CCOCC1. The monoisotopic (exact) mass is 378 g/mol. The number of carbonyl (C=O) groups is 1. The van der Waals surface area contributed by atoms with Crippen LogP contribution in [0.15, 0.2) is 34.9 Å². The Labute approximate surface area is 143 Å². The van der Waals surface area contributed by atoms with E-state index in [0.29, 0.717) is 32.6 Å². The average molecular weight is 379 g/mol. The molecule has 6 heteroatoms. The highest BCUT2D eigenvalue weighted by molar-refractivity contribution is 9.10. The molecule has 0 saturated carbocycles. The van der Waals surface area contributed by atoms with Crippen LogP contribution in [-0.4, -0.2) is 34.8 Å². The van der Waals surface area contributed by atoms with Gasteiger partial charge in [-0.2, -0.15) is 0 Å². The van der Waals surface area contributed by atoms with Crippen LogP contribution < -0.4 is 5.32 Å².